The third-order valence-corrected chi connectivity index (χ3v) is 4.44. The van der Waals surface area contributed by atoms with Crippen LogP contribution in [-0.4, -0.2) is 52.1 Å². The van der Waals surface area contributed by atoms with E-state index in [0.29, 0.717) is 24.7 Å². The standard InChI is InChI=1S/C17H26F3N3O3S/c1-4-21-16(23-13(2)9-12-27(3,24)25)22-10-11-26-15-7-5-14(6-8-15)17(18,19)20/h5-8,13H,4,9-12H2,1-3H3,(H2,21,22,23). The van der Waals surface area contributed by atoms with Gasteiger partial charge in [-0.3, -0.25) is 0 Å². The number of aliphatic imine (C=N–C) groups is 1. The van der Waals surface area contributed by atoms with Crippen LogP contribution >= 0.6 is 0 Å². The second-order valence-electron chi connectivity index (χ2n) is 6.10. The average Bonchev–Trinajstić information content (AvgIpc) is 2.56. The van der Waals surface area contributed by atoms with Crippen molar-refractivity contribution in [2.45, 2.75) is 32.5 Å². The summed E-state index contributed by atoms with van der Waals surface area (Å²) in [5.74, 6) is 0.935. The molecule has 0 amide bonds. The van der Waals surface area contributed by atoms with Gasteiger partial charge >= 0.3 is 6.18 Å². The number of nitrogens with zero attached hydrogens (tertiary/aromatic N) is 1. The molecule has 0 aliphatic carbocycles. The molecule has 1 atom stereocenters. The minimum absolute atomic E-state index is 0.0810. The zero-order valence-electron chi connectivity index (χ0n) is 15.6. The van der Waals surface area contributed by atoms with E-state index in [2.05, 4.69) is 15.6 Å². The first-order valence-corrected chi connectivity index (χ1v) is 10.6. The summed E-state index contributed by atoms with van der Waals surface area (Å²) in [7, 11) is -3.02. The fraction of sp³-hybridized carbons (Fsp3) is 0.588. The molecule has 154 valence electrons. The molecule has 0 aliphatic heterocycles. The van der Waals surface area contributed by atoms with Crippen molar-refractivity contribution < 1.29 is 26.3 Å². The summed E-state index contributed by atoms with van der Waals surface area (Å²) < 4.78 is 65.3. The van der Waals surface area contributed by atoms with E-state index in [0.717, 1.165) is 12.1 Å². The first kappa shape index (κ1) is 23.1. The first-order chi connectivity index (χ1) is 12.5. The maximum atomic E-state index is 12.5. The Morgan fingerprint density at radius 2 is 1.89 bits per heavy atom. The Morgan fingerprint density at radius 1 is 1.26 bits per heavy atom. The maximum absolute atomic E-state index is 12.5. The smallest absolute Gasteiger partial charge is 0.416 e. The highest BCUT2D eigenvalue weighted by Crippen LogP contribution is 2.30. The molecule has 27 heavy (non-hydrogen) atoms. The summed E-state index contributed by atoms with van der Waals surface area (Å²) in [5.41, 5.74) is -0.727. The van der Waals surface area contributed by atoms with Crippen LogP contribution in [-0.2, 0) is 16.0 Å². The maximum Gasteiger partial charge on any atom is 0.416 e. The largest absolute Gasteiger partial charge is 0.492 e. The normalized spacial score (nSPS) is 13.9. The summed E-state index contributed by atoms with van der Waals surface area (Å²) in [6.45, 7) is 4.87. The molecule has 0 saturated heterocycles. The van der Waals surface area contributed by atoms with E-state index in [-0.39, 0.29) is 24.9 Å². The predicted molar refractivity (Wildman–Crippen MR) is 99.8 cm³/mol. The molecule has 0 fully saturated rings. The Labute approximate surface area is 158 Å². The van der Waals surface area contributed by atoms with Crippen molar-refractivity contribution in [2.75, 3.05) is 31.7 Å². The molecule has 0 bridgehead atoms. The monoisotopic (exact) mass is 409 g/mol. The summed E-state index contributed by atoms with van der Waals surface area (Å²) in [5, 5.41) is 6.15. The molecule has 1 rings (SSSR count). The van der Waals surface area contributed by atoms with Crippen molar-refractivity contribution in [3.8, 4) is 5.75 Å². The highest BCUT2D eigenvalue weighted by molar-refractivity contribution is 7.90. The number of hydrogen-bond donors (Lipinski definition) is 2. The van der Waals surface area contributed by atoms with Crippen molar-refractivity contribution in [3.05, 3.63) is 29.8 Å². The van der Waals surface area contributed by atoms with Crippen LogP contribution in [0.15, 0.2) is 29.3 Å². The fourth-order valence-corrected chi connectivity index (χ4v) is 2.86. The van der Waals surface area contributed by atoms with Crippen molar-refractivity contribution in [1.82, 2.24) is 10.6 Å². The van der Waals surface area contributed by atoms with Gasteiger partial charge in [-0.2, -0.15) is 13.2 Å². The summed E-state index contributed by atoms with van der Waals surface area (Å²) in [6.07, 6.45) is -2.73. The zero-order chi connectivity index (χ0) is 20.5. The molecular formula is C17H26F3N3O3S. The van der Waals surface area contributed by atoms with E-state index >= 15 is 0 Å². The number of nitrogens with one attached hydrogen (secondary N) is 2. The number of ether oxygens (including phenoxy) is 1. The number of rotatable bonds is 9. The number of guanidine groups is 1. The third-order valence-electron chi connectivity index (χ3n) is 3.46. The third kappa shape index (κ3) is 10.1. The van der Waals surface area contributed by atoms with E-state index in [1.54, 1.807) is 0 Å². The van der Waals surface area contributed by atoms with Crippen molar-refractivity contribution in [1.29, 1.82) is 0 Å². The average molecular weight is 409 g/mol. The van der Waals surface area contributed by atoms with Crippen LogP contribution in [0.1, 0.15) is 25.8 Å². The molecule has 0 aromatic heterocycles. The van der Waals surface area contributed by atoms with E-state index in [9.17, 15) is 21.6 Å². The fourth-order valence-electron chi connectivity index (χ4n) is 2.08. The second kappa shape index (κ2) is 10.4. The molecule has 1 unspecified atom stereocenters. The van der Waals surface area contributed by atoms with Crippen LogP contribution in [0, 0.1) is 0 Å². The van der Waals surface area contributed by atoms with E-state index < -0.39 is 21.6 Å². The van der Waals surface area contributed by atoms with Gasteiger partial charge in [0.25, 0.3) is 0 Å². The lowest BCUT2D eigenvalue weighted by Crippen LogP contribution is -2.43. The number of halogens is 3. The van der Waals surface area contributed by atoms with Gasteiger partial charge in [0, 0.05) is 18.8 Å². The van der Waals surface area contributed by atoms with Crippen LogP contribution in [0.5, 0.6) is 5.75 Å². The van der Waals surface area contributed by atoms with Gasteiger partial charge in [-0.25, -0.2) is 13.4 Å². The lowest BCUT2D eigenvalue weighted by molar-refractivity contribution is -0.137. The molecular weight excluding hydrogens is 383 g/mol. The molecule has 0 radical (unpaired) electrons. The molecule has 0 spiro atoms. The topological polar surface area (TPSA) is 79.8 Å². The van der Waals surface area contributed by atoms with Gasteiger partial charge < -0.3 is 15.4 Å². The van der Waals surface area contributed by atoms with Gasteiger partial charge in [0.05, 0.1) is 17.9 Å². The number of alkyl halides is 3. The zero-order valence-corrected chi connectivity index (χ0v) is 16.5. The minimum Gasteiger partial charge on any atom is -0.492 e. The van der Waals surface area contributed by atoms with Gasteiger partial charge in [0.1, 0.15) is 22.2 Å². The Kier molecular flexibility index (Phi) is 8.87. The molecule has 0 heterocycles. The van der Waals surface area contributed by atoms with Gasteiger partial charge in [0.15, 0.2) is 5.96 Å². The van der Waals surface area contributed by atoms with Gasteiger partial charge in [-0.15, -0.1) is 0 Å². The molecule has 2 N–H and O–H groups in total. The highest BCUT2D eigenvalue weighted by Gasteiger charge is 2.29. The van der Waals surface area contributed by atoms with E-state index in [1.165, 1.54) is 18.4 Å². The second-order valence-corrected chi connectivity index (χ2v) is 8.35. The number of hydrogen-bond acceptors (Lipinski definition) is 4. The number of sulfone groups is 1. The molecule has 10 heteroatoms. The van der Waals surface area contributed by atoms with Crippen LogP contribution in [0.2, 0.25) is 0 Å². The van der Waals surface area contributed by atoms with Crippen LogP contribution < -0.4 is 15.4 Å². The quantitative estimate of drug-likeness (QED) is 0.372. The Bertz CT molecular complexity index is 704. The molecule has 1 aromatic rings. The van der Waals surface area contributed by atoms with Gasteiger partial charge in [-0.05, 0) is 44.5 Å². The van der Waals surface area contributed by atoms with Crippen molar-refractivity contribution in [2.24, 2.45) is 4.99 Å². The highest BCUT2D eigenvalue weighted by atomic mass is 32.2. The Morgan fingerprint density at radius 3 is 2.41 bits per heavy atom. The Balaban J connectivity index is 2.49. The lowest BCUT2D eigenvalue weighted by Gasteiger charge is -2.17. The predicted octanol–water partition coefficient (Wildman–Crippen LogP) is 2.46. The molecule has 0 aliphatic rings. The van der Waals surface area contributed by atoms with Gasteiger partial charge in [0.2, 0.25) is 0 Å². The van der Waals surface area contributed by atoms with Crippen molar-refractivity contribution >= 4 is 15.8 Å². The van der Waals surface area contributed by atoms with E-state index in [4.69, 9.17) is 4.74 Å². The number of benzene rings is 1. The molecule has 1 aromatic carbocycles. The summed E-state index contributed by atoms with van der Waals surface area (Å²) in [4.78, 5) is 4.31. The SMILES string of the molecule is CCNC(=NCCOc1ccc(C(F)(F)F)cc1)NC(C)CCS(C)(=O)=O. The van der Waals surface area contributed by atoms with Gasteiger partial charge in [-0.1, -0.05) is 0 Å². The van der Waals surface area contributed by atoms with Crippen LogP contribution in [0.4, 0.5) is 13.2 Å². The molecule has 6 nitrogen and oxygen atoms in total. The molecule has 0 saturated carbocycles. The van der Waals surface area contributed by atoms with E-state index in [1.807, 2.05) is 13.8 Å². The lowest BCUT2D eigenvalue weighted by atomic mass is 10.2. The minimum atomic E-state index is -4.37. The first-order valence-electron chi connectivity index (χ1n) is 8.54. The van der Waals surface area contributed by atoms with Crippen LogP contribution in [0.25, 0.3) is 0 Å². The van der Waals surface area contributed by atoms with Crippen molar-refractivity contribution in [3.63, 3.8) is 0 Å². The van der Waals surface area contributed by atoms with Crippen LogP contribution in [0.3, 0.4) is 0 Å². The summed E-state index contributed by atoms with van der Waals surface area (Å²) >= 11 is 0. The Hall–Kier alpha value is -1.97. The summed E-state index contributed by atoms with van der Waals surface area (Å²) in [6, 6.07) is 4.38.